The summed E-state index contributed by atoms with van der Waals surface area (Å²) in [5, 5.41) is 8.48. The SMILES string of the molecule is C[C@H]1C[C@@]1(C)C(=O)O. The van der Waals surface area contributed by atoms with E-state index < -0.39 is 5.97 Å². The molecule has 1 N–H and O–H groups in total. The molecule has 0 aromatic carbocycles. The minimum atomic E-state index is -0.648. The van der Waals surface area contributed by atoms with E-state index in [9.17, 15) is 4.79 Å². The number of carboxylic acid groups (broad SMARTS) is 1. The first-order valence-corrected chi connectivity index (χ1v) is 2.81. The van der Waals surface area contributed by atoms with Gasteiger partial charge < -0.3 is 5.11 Å². The molecule has 2 nitrogen and oxygen atoms in total. The molecule has 0 aromatic rings. The van der Waals surface area contributed by atoms with Crippen molar-refractivity contribution in [2.24, 2.45) is 11.3 Å². The fourth-order valence-electron chi connectivity index (χ4n) is 0.875. The Balaban J connectivity index is 2.60. The van der Waals surface area contributed by atoms with Gasteiger partial charge in [0, 0.05) is 0 Å². The molecule has 1 aliphatic carbocycles. The molecule has 8 heavy (non-hydrogen) atoms. The number of aliphatic carboxylic acids is 1. The summed E-state index contributed by atoms with van der Waals surface area (Å²) in [6.07, 6.45) is 0.850. The van der Waals surface area contributed by atoms with E-state index in [4.69, 9.17) is 5.11 Å². The van der Waals surface area contributed by atoms with Crippen LogP contribution in [0.15, 0.2) is 0 Å². The van der Waals surface area contributed by atoms with Crippen LogP contribution in [0.2, 0.25) is 0 Å². The van der Waals surface area contributed by atoms with Crippen molar-refractivity contribution in [3.05, 3.63) is 0 Å². The van der Waals surface area contributed by atoms with Gasteiger partial charge in [-0.05, 0) is 19.3 Å². The van der Waals surface area contributed by atoms with Crippen LogP contribution in [-0.2, 0) is 4.79 Å². The molecule has 0 unspecified atom stereocenters. The lowest BCUT2D eigenvalue weighted by Gasteiger charge is -1.98. The predicted octanol–water partition coefficient (Wildman–Crippen LogP) is 1.12. The lowest BCUT2D eigenvalue weighted by Crippen LogP contribution is -2.11. The van der Waals surface area contributed by atoms with E-state index in [-0.39, 0.29) is 5.41 Å². The van der Waals surface area contributed by atoms with Crippen molar-refractivity contribution in [1.82, 2.24) is 0 Å². The van der Waals surface area contributed by atoms with E-state index in [2.05, 4.69) is 0 Å². The standard InChI is InChI=1S/C6H10O2/c1-4-3-6(4,2)5(7)8/h4H,3H2,1-2H3,(H,7,8)/t4-,6+/m0/s1. The molecule has 1 rings (SSSR count). The molecular formula is C6H10O2. The van der Waals surface area contributed by atoms with Gasteiger partial charge in [-0.1, -0.05) is 6.92 Å². The van der Waals surface area contributed by atoms with E-state index in [1.807, 2.05) is 6.92 Å². The number of carboxylic acids is 1. The smallest absolute Gasteiger partial charge is 0.309 e. The summed E-state index contributed by atoms with van der Waals surface area (Å²) in [6, 6.07) is 0. The molecule has 1 saturated carbocycles. The van der Waals surface area contributed by atoms with E-state index >= 15 is 0 Å². The molecule has 0 saturated heterocycles. The first-order chi connectivity index (χ1) is 3.57. The molecule has 2 atom stereocenters. The summed E-state index contributed by atoms with van der Waals surface area (Å²) < 4.78 is 0. The third-order valence-electron chi connectivity index (χ3n) is 2.15. The lowest BCUT2D eigenvalue weighted by atomic mass is 10.1. The summed E-state index contributed by atoms with van der Waals surface area (Å²) in [4.78, 5) is 10.3. The van der Waals surface area contributed by atoms with Gasteiger partial charge in [-0.2, -0.15) is 0 Å². The molecule has 0 spiro atoms. The summed E-state index contributed by atoms with van der Waals surface area (Å²) in [5.74, 6) is -0.259. The number of rotatable bonds is 1. The second-order valence-electron chi connectivity index (χ2n) is 2.83. The van der Waals surface area contributed by atoms with Gasteiger partial charge in [0.2, 0.25) is 0 Å². The highest BCUT2D eigenvalue weighted by molar-refractivity contribution is 5.77. The Kier molecular flexibility index (Phi) is 0.872. The van der Waals surface area contributed by atoms with Crippen molar-refractivity contribution >= 4 is 5.97 Å². The summed E-state index contributed by atoms with van der Waals surface area (Å²) in [7, 11) is 0. The van der Waals surface area contributed by atoms with Crippen LogP contribution in [0.5, 0.6) is 0 Å². The Morgan fingerprint density at radius 1 is 1.88 bits per heavy atom. The Hall–Kier alpha value is -0.530. The Labute approximate surface area is 48.5 Å². The van der Waals surface area contributed by atoms with Crippen LogP contribution in [-0.4, -0.2) is 11.1 Å². The number of hydrogen-bond acceptors (Lipinski definition) is 1. The van der Waals surface area contributed by atoms with Crippen LogP contribution in [0, 0.1) is 11.3 Å². The van der Waals surface area contributed by atoms with Gasteiger partial charge >= 0.3 is 5.97 Å². The summed E-state index contributed by atoms with van der Waals surface area (Å²) in [6.45, 7) is 3.76. The molecule has 0 radical (unpaired) electrons. The maximum atomic E-state index is 10.3. The minimum Gasteiger partial charge on any atom is -0.481 e. The van der Waals surface area contributed by atoms with Crippen LogP contribution in [0.3, 0.4) is 0 Å². The molecule has 0 bridgehead atoms. The van der Waals surface area contributed by atoms with Crippen molar-refractivity contribution in [1.29, 1.82) is 0 Å². The highest BCUT2D eigenvalue weighted by Gasteiger charge is 2.53. The molecule has 0 aromatic heterocycles. The number of carbonyl (C=O) groups is 1. The van der Waals surface area contributed by atoms with Gasteiger partial charge in [0.1, 0.15) is 0 Å². The largest absolute Gasteiger partial charge is 0.481 e. The van der Waals surface area contributed by atoms with Crippen molar-refractivity contribution in [3.8, 4) is 0 Å². The third-order valence-corrected chi connectivity index (χ3v) is 2.15. The monoisotopic (exact) mass is 114 g/mol. The average Bonchev–Trinajstić information content (AvgIpc) is 2.17. The zero-order valence-corrected chi connectivity index (χ0v) is 5.14. The Bertz CT molecular complexity index is 130. The normalized spacial score (nSPS) is 44.0. The van der Waals surface area contributed by atoms with Crippen LogP contribution in [0.4, 0.5) is 0 Å². The first-order valence-electron chi connectivity index (χ1n) is 2.81. The zero-order valence-electron chi connectivity index (χ0n) is 5.14. The fraction of sp³-hybridized carbons (Fsp3) is 0.833. The van der Waals surface area contributed by atoms with Gasteiger partial charge in [0.15, 0.2) is 0 Å². The van der Waals surface area contributed by atoms with Gasteiger partial charge in [0.25, 0.3) is 0 Å². The van der Waals surface area contributed by atoms with Crippen LogP contribution in [0.1, 0.15) is 20.3 Å². The van der Waals surface area contributed by atoms with E-state index in [1.165, 1.54) is 0 Å². The minimum absolute atomic E-state index is 0.375. The van der Waals surface area contributed by atoms with Crippen LogP contribution in [0.25, 0.3) is 0 Å². The Morgan fingerprint density at radius 3 is 2.25 bits per heavy atom. The summed E-state index contributed by atoms with van der Waals surface area (Å²) >= 11 is 0. The molecule has 1 fully saturated rings. The molecule has 0 heterocycles. The second-order valence-corrected chi connectivity index (χ2v) is 2.83. The molecule has 1 aliphatic rings. The first kappa shape index (κ1) is 5.60. The molecular weight excluding hydrogens is 104 g/mol. The third kappa shape index (κ3) is 0.522. The van der Waals surface area contributed by atoms with Crippen molar-refractivity contribution < 1.29 is 9.90 Å². The predicted molar refractivity (Wildman–Crippen MR) is 29.5 cm³/mol. The molecule has 2 heteroatoms. The lowest BCUT2D eigenvalue weighted by molar-refractivity contribution is -0.143. The van der Waals surface area contributed by atoms with E-state index in [0.717, 1.165) is 6.42 Å². The van der Waals surface area contributed by atoms with Gasteiger partial charge in [0.05, 0.1) is 5.41 Å². The van der Waals surface area contributed by atoms with Gasteiger partial charge in [-0.15, -0.1) is 0 Å². The van der Waals surface area contributed by atoms with Crippen LogP contribution < -0.4 is 0 Å². The van der Waals surface area contributed by atoms with Crippen molar-refractivity contribution in [3.63, 3.8) is 0 Å². The van der Waals surface area contributed by atoms with Crippen molar-refractivity contribution in [2.45, 2.75) is 20.3 Å². The Morgan fingerprint density at radius 2 is 2.25 bits per heavy atom. The maximum Gasteiger partial charge on any atom is 0.309 e. The molecule has 46 valence electrons. The maximum absolute atomic E-state index is 10.3. The average molecular weight is 114 g/mol. The molecule has 0 amide bonds. The molecule has 0 aliphatic heterocycles. The van der Waals surface area contributed by atoms with E-state index in [1.54, 1.807) is 6.92 Å². The highest BCUT2D eigenvalue weighted by atomic mass is 16.4. The zero-order chi connectivity index (χ0) is 6.36. The highest BCUT2D eigenvalue weighted by Crippen LogP contribution is 2.51. The second kappa shape index (κ2) is 1.24. The van der Waals surface area contributed by atoms with Crippen molar-refractivity contribution in [2.75, 3.05) is 0 Å². The topological polar surface area (TPSA) is 37.3 Å². The fourth-order valence-corrected chi connectivity index (χ4v) is 0.875. The quantitative estimate of drug-likeness (QED) is 0.554. The summed E-state index contributed by atoms with van der Waals surface area (Å²) in [5.41, 5.74) is -0.375. The van der Waals surface area contributed by atoms with Gasteiger partial charge in [-0.25, -0.2) is 0 Å². The number of hydrogen-bond donors (Lipinski definition) is 1. The van der Waals surface area contributed by atoms with E-state index in [0.29, 0.717) is 5.92 Å². The van der Waals surface area contributed by atoms with Gasteiger partial charge in [-0.3, -0.25) is 4.79 Å². The van der Waals surface area contributed by atoms with Crippen LogP contribution >= 0.6 is 0 Å².